The first-order valence-corrected chi connectivity index (χ1v) is 9.74. The van der Waals surface area contributed by atoms with Crippen LogP contribution in [0.15, 0.2) is 30.3 Å². The van der Waals surface area contributed by atoms with Crippen LogP contribution in [-0.4, -0.2) is 22.0 Å². The van der Waals surface area contributed by atoms with E-state index in [0.29, 0.717) is 37.9 Å². The first kappa shape index (κ1) is 20.8. The predicted octanol–water partition coefficient (Wildman–Crippen LogP) is 5.54. The minimum absolute atomic E-state index is 0.229. The molecule has 0 amide bonds. The quantitative estimate of drug-likeness (QED) is 0.454. The molecule has 3 rings (SSSR count). The third-order valence-corrected chi connectivity index (χ3v) is 5.10. The van der Waals surface area contributed by atoms with E-state index in [1.807, 2.05) is 13.0 Å². The van der Waals surface area contributed by atoms with Crippen molar-refractivity contribution in [3.05, 3.63) is 67.1 Å². The van der Waals surface area contributed by atoms with E-state index >= 15 is 0 Å². The number of H-pyrrole nitrogens is 1. The van der Waals surface area contributed by atoms with Gasteiger partial charge in [-0.2, -0.15) is 5.10 Å². The maximum atomic E-state index is 6.43. The van der Waals surface area contributed by atoms with Crippen molar-refractivity contribution < 1.29 is 9.47 Å². The smallest absolute Gasteiger partial charge is 0.214 e. The molecule has 0 unspecified atom stereocenters. The molecule has 0 radical (unpaired) electrons. The Morgan fingerprint density at radius 2 is 1.96 bits per heavy atom. The van der Waals surface area contributed by atoms with Gasteiger partial charge in [0.1, 0.15) is 12.4 Å². The molecule has 1 aromatic heterocycles. The molecular formula is C18H17Cl3N4O2S. The summed E-state index contributed by atoms with van der Waals surface area (Å²) < 4.78 is 13.5. The van der Waals surface area contributed by atoms with Crippen LogP contribution in [0.4, 0.5) is 0 Å². The van der Waals surface area contributed by atoms with Crippen molar-refractivity contribution in [1.29, 1.82) is 0 Å². The summed E-state index contributed by atoms with van der Waals surface area (Å²) in [6, 6.07) is 8.87. The zero-order valence-corrected chi connectivity index (χ0v) is 18.1. The molecule has 0 saturated heterocycles. The van der Waals surface area contributed by atoms with E-state index in [9.17, 15) is 0 Å². The fraction of sp³-hybridized carbons (Fsp3) is 0.222. The van der Waals surface area contributed by atoms with Crippen molar-refractivity contribution in [3.8, 4) is 11.5 Å². The summed E-state index contributed by atoms with van der Waals surface area (Å²) in [5.41, 5.74) is 4.86. The number of hydrogen-bond acceptors (Lipinski definition) is 5. The van der Waals surface area contributed by atoms with Gasteiger partial charge in [-0.1, -0.05) is 40.9 Å². The van der Waals surface area contributed by atoms with E-state index in [1.165, 1.54) is 0 Å². The maximum Gasteiger partial charge on any atom is 0.214 e. The Morgan fingerprint density at radius 1 is 1.18 bits per heavy atom. The Labute approximate surface area is 182 Å². The molecule has 1 heterocycles. The Kier molecular flexibility index (Phi) is 6.72. The van der Waals surface area contributed by atoms with Crippen LogP contribution >= 0.6 is 47.0 Å². The Hall–Kier alpha value is -1.93. The molecule has 0 saturated carbocycles. The van der Waals surface area contributed by atoms with Gasteiger partial charge in [-0.05, 0) is 49.0 Å². The topological polar surface area (TPSA) is 64.1 Å². The second-order valence-corrected chi connectivity index (χ2v) is 7.52. The van der Waals surface area contributed by atoms with Crippen LogP contribution in [-0.2, 0) is 13.2 Å². The number of aromatic nitrogens is 3. The normalized spacial score (nSPS) is 10.8. The van der Waals surface area contributed by atoms with E-state index in [2.05, 4.69) is 15.6 Å². The highest BCUT2D eigenvalue weighted by molar-refractivity contribution is 7.71. The number of aryl methyl sites for hydroxylation is 1. The van der Waals surface area contributed by atoms with Gasteiger partial charge < -0.3 is 14.9 Å². The summed E-state index contributed by atoms with van der Waals surface area (Å²) in [6.07, 6.45) is 0. The largest absolute Gasteiger partial charge is 0.493 e. The predicted molar refractivity (Wildman–Crippen MR) is 114 cm³/mol. The zero-order chi connectivity index (χ0) is 20.3. The van der Waals surface area contributed by atoms with Crippen LogP contribution in [0.3, 0.4) is 0 Å². The monoisotopic (exact) mass is 458 g/mol. The maximum absolute atomic E-state index is 6.43. The fourth-order valence-electron chi connectivity index (χ4n) is 2.54. The lowest BCUT2D eigenvalue weighted by atomic mass is 10.2. The van der Waals surface area contributed by atoms with Gasteiger partial charge in [-0.15, -0.1) is 0 Å². The van der Waals surface area contributed by atoms with E-state index in [0.717, 1.165) is 17.0 Å². The van der Waals surface area contributed by atoms with Crippen molar-refractivity contribution in [1.82, 2.24) is 14.9 Å². The summed E-state index contributed by atoms with van der Waals surface area (Å²) >= 11 is 23.7. The van der Waals surface area contributed by atoms with Gasteiger partial charge in [0.2, 0.25) is 4.77 Å². The van der Waals surface area contributed by atoms with Crippen LogP contribution in [0.5, 0.6) is 11.5 Å². The lowest BCUT2D eigenvalue weighted by Crippen LogP contribution is -2.16. The number of methoxy groups -OCH3 is 1. The summed E-state index contributed by atoms with van der Waals surface area (Å²) in [7, 11) is 1.56. The lowest BCUT2D eigenvalue weighted by Gasteiger charge is -2.15. The summed E-state index contributed by atoms with van der Waals surface area (Å²) in [5.74, 6) is 1.68. The Bertz CT molecular complexity index is 1050. The van der Waals surface area contributed by atoms with Gasteiger partial charge in [0, 0.05) is 15.6 Å². The number of halogens is 3. The molecule has 0 bridgehead atoms. The molecule has 0 aliphatic heterocycles. The molecule has 0 aliphatic carbocycles. The minimum atomic E-state index is 0.229. The third kappa shape index (κ3) is 4.72. The number of rotatable bonds is 7. The van der Waals surface area contributed by atoms with Crippen molar-refractivity contribution in [2.24, 2.45) is 0 Å². The van der Waals surface area contributed by atoms with Crippen molar-refractivity contribution >= 4 is 47.0 Å². The van der Waals surface area contributed by atoms with E-state index in [-0.39, 0.29) is 6.61 Å². The molecule has 6 nitrogen and oxygen atoms in total. The molecule has 0 fully saturated rings. The number of ether oxygens (including phenoxy) is 2. The molecule has 28 heavy (non-hydrogen) atoms. The van der Waals surface area contributed by atoms with Crippen LogP contribution < -0.4 is 14.9 Å². The average Bonchev–Trinajstić information content (AvgIpc) is 2.97. The summed E-state index contributed by atoms with van der Waals surface area (Å²) in [4.78, 5) is 0. The highest BCUT2D eigenvalue weighted by Gasteiger charge is 2.14. The molecule has 148 valence electrons. The summed E-state index contributed by atoms with van der Waals surface area (Å²) in [5, 5.41) is 8.29. The van der Waals surface area contributed by atoms with Crippen LogP contribution in [0.1, 0.15) is 17.0 Å². The number of hydrogen-bond donors (Lipinski definition) is 2. The van der Waals surface area contributed by atoms with Gasteiger partial charge in [0.15, 0.2) is 11.5 Å². The first-order chi connectivity index (χ1) is 13.4. The molecule has 2 aromatic carbocycles. The van der Waals surface area contributed by atoms with Gasteiger partial charge in [-0.25, -0.2) is 4.68 Å². The summed E-state index contributed by atoms with van der Waals surface area (Å²) in [6.45, 7) is 2.53. The first-order valence-electron chi connectivity index (χ1n) is 8.20. The fourth-order valence-corrected chi connectivity index (χ4v) is 3.53. The highest BCUT2D eigenvalue weighted by atomic mass is 35.5. The van der Waals surface area contributed by atoms with Crippen molar-refractivity contribution in [2.45, 2.75) is 20.1 Å². The van der Waals surface area contributed by atoms with Gasteiger partial charge in [0.05, 0.1) is 18.7 Å². The molecule has 0 spiro atoms. The zero-order valence-electron chi connectivity index (χ0n) is 15.1. The van der Waals surface area contributed by atoms with Gasteiger partial charge in [-0.3, -0.25) is 5.10 Å². The number of benzene rings is 2. The number of nitrogens with zero attached hydrogens (tertiary/aromatic N) is 2. The van der Waals surface area contributed by atoms with Crippen LogP contribution in [0.2, 0.25) is 15.1 Å². The van der Waals surface area contributed by atoms with Gasteiger partial charge >= 0.3 is 0 Å². The number of aromatic amines is 1. The minimum Gasteiger partial charge on any atom is -0.493 e. The Balaban J connectivity index is 1.76. The second-order valence-electron chi connectivity index (χ2n) is 5.88. The molecule has 0 atom stereocenters. The highest BCUT2D eigenvalue weighted by Crippen LogP contribution is 2.37. The third-order valence-electron chi connectivity index (χ3n) is 3.96. The van der Waals surface area contributed by atoms with Crippen molar-refractivity contribution in [3.63, 3.8) is 0 Å². The molecular weight excluding hydrogens is 443 g/mol. The molecule has 0 aliphatic rings. The van der Waals surface area contributed by atoms with E-state index in [1.54, 1.807) is 36.1 Å². The second kappa shape index (κ2) is 9.05. The standard InChI is InChI=1S/C18H17Cl3N4O2S/c1-10-23-24-18(28)25(10)22-8-11-5-15(21)17(16(6-11)26-2)27-9-12-3-4-13(19)7-14(12)20/h3-7,22H,8-9H2,1-2H3,(H,24,28). The lowest BCUT2D eigenvalue weighted by molar-refractivity contribution is 0.284. The van der Waals surface area contributed by atoms with Crippen molar-refractivity contribution in [2.75, 3.05) is 12.5 Å². The molecule has 10 heteroatoms. The Morgan fingerprint density at radius 3 is 2.61 bits per heavy atom. The SMILES string of the molecule is COc1cc(CNn2c(C)n[nH]c2=S)cc(Cl)c1OCc1ccc(Cl)cc1Cl. The average molecular weight is 460 g/mol. The van der Waals surface area contributed by atoms with Gasteiger partial charge in [0.25, 0.3) is 0 Å². The van der Waals surface area contributed by atoms with Crippen LogP contribution in [0, 0.1) is 11.7 Å². The molecule has 3 aromatic rings. The van der Waals surface area contributed by atoms with E-state index < -0.39 is 0 Å². The van der Waals surface area contributed by atoms with E-state index in [4.69, 9.17) is 56.5 Å². The number of nitrogens with one attached hydrogen (secondary N) is 2. The van der Waals surface area contributed by atoms with Crippen LogP contribution in [0.25, 0.3) is 0 Å². The molecule has 2 N–H and O–H groups in total.